The van der Waals surface area contributed by atoms with Crippen LogP contribution >= 0.6 is 0 Å². The highest BCUT2D eigenvalue weighted by atomic mass is 16.7. The number of ketones is 1. The molecule has 0 aromatic rings. The first-order valence-corrected chi connectivity index (χ1v) is 16.0. The van der Waals surface area contributed by atoms with Gasteiger partial charge in [0, 0.05) is 12.3 Å². The average Bonchev–Trinajstić information content (AvgIpc) is 2.98. The fourth-order valence-electron chi connectivity index (χ4n) is 6.26. The number of nitrogens with one attached hydrogen (secondary N) is 1. The molecule has 46 heavy (non-hydrogen) atoms. The zero-order valence-corrected chi connectivity index (χ0v) is 27.3. The molecule has 3 rings (SSSR count). The maximum Gasteiger partial charge on any atom is 0.407 e. The molecule has 2 saturated heterocycles. The molecule has 0 aromatic heterocycles. The van der Waals surface area contributed by atoms with Crippen LogP contribution in [0.2, 0.25) is 0 Å². The number of aliphatic hydroxyl groups is 7. The lowest BCUT2D eigenvalue weighted by molar-refractivity contribution is -0.332. The van der Waals surface area contributed by atoms with E-state index in [1.54, 1.807) is 41.5 Å². The van der Waals surface area contributed by atoms with Gasteiger partial charge in [0.1, 0.15) is 42.2 Å². The normalized spacial score (nSPS) is 42.7. The Kier molecular flexibility index (Phi) is 13.7. The monoisotopic (exact) mass is 666 g/mol. The molecule has 1 saturated carbocycles. The van der Waals surface area contributed by atoms with Crippen LogP contribution in [0, 0.1) is 17.8 Å². The van der Waals surface area contributed by atoms with Gasteiger partial charge in [0.05, 0.1) is 43.6 Å². The fourth-order valence-corrected chi connectivity index (χ4v) is 6.26. The van der Waals surface area contributed by atoms with Crippen molar-refractivity contribution in [2.24, 2.45) is 23.5 Å². The fraction of sp³-hybridized carbons (Fsp3) is 0.933. The quantitative estimate of drug-likeness (QED) is 0.114. The Morgan fingerprint density at radius 2 is 1.52 bits per heavy atom. The van der Waals surface area contributed by atoms with Crippen molar-refractivity contribution < 1.29 is 69.0 Å². The maximum absolute atomic E-state index is 13.1. The number of ether oxygens (including phenoxy) is 5. The smallest absolute Gasteiger partial charge is 0.407 e. The van der Waals surface area contributed by atoms with Gasteiger partial charge < -0.3 is 70.5 Å². The van der Waals surface area contributed by atoms with E-state index in [2.05, 4.69) is 5.32 Å². The second kappa shape index (κ2) is 16.2. The lowest BCUT2D eigenvalue weighted by Gasteiger charge is -2.49. The molecular weight excluding hydrogens is 612 g/mol. The highest BCUT2D eigenvalue weighted by molar-refractivity contribution is 5.84. The Morgan fingerprint density at radius 1 is 0.913 bits per heavy atom. The number of carbonyl (C=O) groups excluding carboxylic acids is 2. The van der Waals surface area contributed by atoms with Crippen molar-refractivity contribution in [2.45, 2.75) is 146 Å². The highest BCUT2D eigenvalue weighted by Gasteiger charge is 2.52. The van der Waals surface area contributed by atoms with E-state index in [4.69, 9.17) is 29.4 Å². The third-order valence-corrected chi connectivity index (χ3v) is 8.98. The van der Waals surface area contributed by atoms with Gasteiger partial charge in [-0.3, -0.25) is 4.79 Å². The van der Waals surface area contributed by atoms with Gasteiger partial charge in [0.2, 0.25) is 0 Å². The topological polar surface area (TPSA) is 260 Å². The third-order valence-electron chi connectivity index (χ3n) is 8.98. The minimum atomic E-state index is -1.61. The van der Waals surface area contributed by atoms with Gasteiger partial charge in [-0.15, -0.1) is 0 Å². The molecule has 3 fully saturated rings. The number of aliphatic hydroxyl groups excluding tert-OH is 7. The third kappa shape index (κ3) is 9.33. The van der Waals surface area contributed by atoms with Gasteiger partial charge in [-0.1, -0.05) is 20.8 Å². The summed E-state index contributed by atoms with van der Waals surface area (Å²) in [5, 5.41) is 76.3. The number of hydrogen-bond donors (Lipinski definition) is 9. The molecule has 1 aliphatic carbocycles. The Balaban J connectivity index is 1.81. The SMILES string of the molecule is CC[C@H]1O[C@H](OC2[C@@H](C)C[C@@H](CC(=O)[C@@H](O)CNC(=O)OC(C)(C)C)[C@H](O[C@H]3O[C@H](CO)[C@@H](O)[C@H](N)[C@H]3O)[C@H]2O)[C@H](C)[C@@H](O)[C@@H]1O. The highest BCUT2D eigenvalue weighted by Crippen LogP contribution is 2.40. The number of amides is 1. The second-order valence-corrected chi connectivity index (χ2v) is 13.8. The van der Waals surface area contributed by atoms with Gasteiger partial charge in [0.15, 0.2) is 18.4 Å². The molecule has 16 nitrogen and oxygen atoms in total. The lowest BCUT2D eigenvalue weighted by Crippen LogP contribution is -2.65. The lowest BCUT2D eigenvalue weighted by atomic mass is 9.73. The summed E-state index contributed by atoms with van der Waals surface area (Å²) >= 11 is 0. The molecule has 2 heterocycles. The van der Waals surface area contributed by atoms with Crippen LogP contribution in [0.15, 0.2) is 0 Å². The van der Waals surface area contributed by atoms with E-state index < -0.39 is 128 Å². The molecule has 0 bridgehead atoms. The van der Waals surface area contributed by atoms with Gasteiger partial charge in [-0.05, 0) is 45.4 Å². The minimum absolute atomic E-state index is 0.217. The molecule has 0 aromatic carbocycles. The average molecular weight is 667 g/mol. The zero-order chi connectivity index (χ0) is 34.7. The van der Waals surface area contributed by atoms with Gasteiger partial charge in [-0.25, -0.2) is 4.79 Å². The summed E-state index contributed by atoms with van der Waals surface area (Å²) in [6.45, 7) is 9.13. The predicted molar refractivity (Wildman–Crippen MR) is 159 cm³/mol. The van der Waals surface area contributed by atoms with Crippen molar-refractivity contribution in [2.75, 3.05) is 13.2 Å². The molecule has 10 N–H and O–H groups in total. The van der Waals surface area contributed by atoms with Crippen LogP contribution in [-0.4, -0.2) is 146 Å². The standard InChI is InChI=1S/C30H54N2O14/c1-7-17-22(38)20(36)13(3)27(42-17)44-25-12(2)8-14(9-15(34)16(35)10-32-29(41)46-30(4,5)6)26(24(25)40)45-28-23(39)19(31)21(37)18(11-33)43-28/h12-14,16-28,33,35-40H,7-11,31H2,1-6H3,(H,32,41)/t12-,13+,14-,16-,17+,18+,19-,20+,21+,22+,23+,24-,25?,26-,27+,28+/m0/s1. The predicted octanol–water partition coefficient (Wildman–Crippen LogP) is -2.12. The summed E-state index contributed by atoms with van der Waals surface area (Å²) in [6.07, 6.45) is -15.5. The summed E-state index contributed by atoms with van der Waals surface area (Å²) in [6, 6.07) is -1.26. The van der Waals surface area contributed by atoms with E-state index >= 15 is 0 Å². The molecular formula is C30H54N2O14. The first kappa shape index (κ1) is 38.9. The van der Waals surface area contributed by atoms with Crippen LogP contribution in [-0.2, 0) is 28.5 Å². The van der Waals surface area contributed by atoms with Crippen LogP contribution in [0.3, 0.4) is 0 Å². The van der Waals surface area contributed by atoms with E-state index in [0.717, 1.165) is 0 Å². The second-order valence-electron chi connectivity index (χ2n) is 13.8. The van der Waals surface area contributed by atoms with Crippen molar-refractivity contribution in [3.63, 3.8) is 0 Å². The Labute approximate surface area is 269 Å². The van der Waals surface area contributed by atoms with Gasteiger partial charge >= 0.3 is 6.09 Å². The van der Waals surface area contributed by atoms with E-state index in [-0.39, 0.29) is 12.8 Å². The summed E-state index contributed by atoms with van der Waals surface area (Å²) < 4.78 is 29.0. The van der Waals surface area contributed by atoms with Gasteiger partial charge in [-0.2, -0.15) is 0 Å². The van der Waals surface area contributed by atoms with Crippen LogP contribution in [0.1, 0.15) is 60.8 Å². The maximum atomic E-state index is 13.1. The van der Waals surface area contributed by atoms with Gasteiger partial charge in [0.25, 0.3) is 0 Å². The summed E-state index contributed by atoms with van der Waals surface area (Å²) in [7, 11) is 0. The summed E-state index contributed by atoms with van der Waals surface area (Å²) in [4.78, 5) is 25.2. The van der Waals surface area contributed by atoms with Crippen LogP contribution in [0.25, 0.3) is 0 Å². The van der Waals surface area contributed by atoms with E-state index in [9.17, 15) is 45.3 Å². The number of Topliss-reactive ketones (excluding diaryl/α,β-unsaturated/α-hetero) is 1. The van der Waals surface area contributed by atoms with Crippen molar-refractivity contribution in [3.8, 4) is 0 Å². The molecule has 0 radical (unpaired) electrons. The molecule has 1 amide bonds. The number of alkyl carbamates (subject to hydrolysis) is 1. The summed E-state index contributed by atoms with van der Waals surface area (Å²) in [5.41, 5.74) is 5.17. The van der Waals surface area contributed by atoms with Crippen molar-refractivity contribution in [1.82, 2.24) is 5.32 Å². The zero-order valence-electron chi connectivity index (χ0n) is 27.3. The number of carbonyl (C=O) groups is 2. The minimum Gasteiger partial charge on any atom is -0.444 e. The van der Waals surface area contributed by atoms with Crippen LogP contribution < -0.4 is 11.1 Å². The van der Waals surface area contributed by atoms with E-state index in [1.807, 2.05) is 0 Å². The largest absolute Gasteiger partial charge is 0.444 e. The molecule has 1 unspecified atom stereocenters. The molecule has 16 heteroatoms. The number of hydrogen-bond acceptors (Lipinski definition) is 15. The first-order valence-electron chi connectivity index (χ1n) is 16.0. The van der Waals surface area contributed by atoms with E-state index in [0.29, 0.717) is 6.42 Å². The first-order chi connectivity index (χ1) is 21.4. The molecule has 3 aliphatic rings. The Morgan fingerprint density at radius 3 is 2.11 bits per heavy atom. The van der Waals surface area contributed by atoms with Crippen molar-refractivity contribution >= 4 is 11.9 Å². The molecule has 268 valence electrons. The number of rotatable bonds is 11. The van der Waals surface area contributed by atoms with Crippen LogP contribution in [0.4, 0.5) is 4.79 Å². The van der Waals surface area contributed by atoms with Crippen molar-refractivity contribution in [3.05, 3.63) is 0 Å². The number of nitrogens with two attached hydrogens (primary N) is 1. The molecule has 2 aliphatic heterocycles. The molecule has 16 atom stereocenters. The van der Waals surface area contributed by atoms with Crippen LogP contribution in [0.5, 0.6) is 0 Å². The molecule has 0 spiro atoms. The summed E-state index contributed by atoms with van der Waals surface area (Å²) in [5.74, 6) is -2.51. The Bertz CT molecular complexity index is 995. The Hall–Kier alpha value is -1.54. The van der Waals surface area contributed by atoms with Crippen molar-refractivity contribution in [1.29, 1.82) is 0 Å². The van der Waals surface area contributed by atoms with E-state index in [1.165, 1.54) is 0 Å².